The summed E-state index contributed by atoms with van der Waals surface area (Å²) in [4.78, 5) is 6.92. The summed E-state index contributed by atoms with van der Waals surface area (Å²) in [6, 6.07) is 7.20. The van der Waals surface area contributed by atoms with Gasteiger partial charge in [0, 0.05) is 38.8 Å². The fraction of sp³-hybridized carbons (Fsp3) is 0.682. The average Bonchev–Trinajstić information content (AvgIpc) is 3.04. The Labute approximate surface area is 193 Å². The van der Waals surface area contributed by atoms with Gasteiger partial charge in [-0.2, -0.15) is 0 Å². The van der Waals surface area contributed by atoms with E-state index in [9.17, 15) is 0 Å². The van der Waals surface area contributed by atoms with Crippen molar-refractivity contribution in [3.05, 3.63) is 23.8 Å². The zero-order valence-electron chi connectivity index (χ0n) is 18.8. The molecule has 1 fully saturated rings. The van der Waals surface area contributed by atoms with E-state index in [0.29, 0.717) is 31.2 Å². The van der Waals surface area contributed by atoms with E-state index < -0.39 is 0 Å². The van der Waals surface area contributed by atoms with Crippen LogP contribution in [0.3, 0.4) is 0 Å². The maximum atomic E-state index is 5.72. The Kier molecular flexibility index (Phi) is 11.7. The molecule has 29 heavy (non-hydrogen) atoms. The summed E-state index contributed by atoms with van der Waals surface area (Å²) in [5, 5.41) is 7.05. The second-order valence-electron chi connectivity index (χ2n) is 7.67. The third kappa shape index (κ3) is 7.85. The van der Waals surface area contributed by atoms with Crippen LogP contribution in [0.5, 0.6) is 11.5 Å². The number of halogens is 1. The third-order valence-electron chi connectivity index (χ3n) is 5.23. The number of ether oxygens (including phenoxy) is 2. The summed E-state index contributed by atoms with van der Waals surface area (Å²) < 4.78 is 11.4. The van der Waals surface area contributed by atoms with Crippen molar-refractivity contribution < 1.29 is 9.47 Å². The van der Waals surface area contributed by atoms with Crippen LogP contribution in [-0.4, -0.2) is 62.8 Å². The van der Waals surface area contributed by atoms with E-state index in [4.69, 9.17) is 9.47 Å². The van der Waals surface area contributed by atoms with Crippen LogP contribution >= 0.6 is 24.0 Å². The predicted octanol–water partition coefficient (Wildman–Crippen LogP) is 3.54. The Balaban J connectivity index is 0.00000420. The van der Waals surface area contributed by atoms with Gasteiger partial charge in [0.1, 0.15) is 0 Å². The molecule has 0 aromatic heterocycles. The minimum Gasteiger partial charge on any atom is -0.490 e. The standard InChI is InChI=1S/C22H38N4O2.HI/c1-7-27-20-10-9-18(13-21(20)28-8-2)11-12-24-22(23-6)25-19-15-26(16(3)4)14-17(19)5;/h9-10,13,16-17,19H,7-8,11-12,14-15H2,1-6H3,(H2,23,24,25);1H. The lowest BCUT2D eigenvalue weighted by molar-refractivity contribution is 0.265. The fourth-order valence-corrected chi connectivity index (χ4v) is 3.56. The van der Waals surface area contributed by atoms with Gasteiger partial charge in [0.15, 0.2) is 17.5 Å². The number of nitrogens with one attached hydrogen (secondary N) is 2. The van der Waals surface area contributed by atoms with E-state index in [0.717, 1.165) is 43.5 Å². The van der Waals surface area contributed by atoms with Crippen molar-refractivity contribution >= 4 is 29.9 Å². The lowest BCUT2D eigenvalue weighted by Crippen LogP contribution is -2.47. The van der Waals surface area contributed by atoms with Gasteiger partial charge in [0.2, 0.25) is 0 Å². The van der Waals surface area contributed by atoms with Gasteiger partial charge in [-0.15, -0.1) is 24.0 Å². The van der Waals surface area contributed by atoms with E-state index in [-0.39, 0.29) is 24.0 Å². The van der Waals surface area contributed by atoms with Gasteiger partial charge in [-0.1, -0.05) is 13.0 Å². The molecular weight excluding hydrogens is 479 g/mol. The van der Waals surface area contributed by atoms with Crippen molar-refractivity contribution in [2.24, 2.45) is 10.9 Å². The minimum atomic E-state index is 0. The number of aliphatic imine (C=N–C) groups is 1. The van der Waals surface area contributed by atoms with Crippen LogP contribution in [0.1, 0.15) is 40.2 Å². The van der Waals surface area contributed by atoms with Crippen molar-refractivity contribution in [3.8, 4) is 11.5 Å². The van der Waals surface area contributed by atoms with E-state index in [1.807, 2.05) is 27.0 Å². The highest BCUT2D eigenvalue weighted by Gasteiger charge is 2.31. The second-order valence-corrected chi connectivity index (χ2v) is 7.67. The molecule has 0 bridgehead atoms. The average molecular weight is 518 g/mol. The Morgan fingerprint density at radius 2 is 1.86 bits per heavy atom. The highest BCUT2D eigenvalue weighted by molar-refractivity contribution is 14.0. The number of hydrogen-bond acceptors (Lipinski definition) is 4. The molecule has 0 aliphatic carbocycles. The molecule has 0 spiro atoms. The summed E-state index contributed by atoms with van der Waals surface area (Å²) in [5.74, 6) is 3.11. The molecule has 1 aromatic rings. The molecule has 166 valence electrons. The molecular formula is C22H39IN4O2. The Hall–Kier alpha value is -1.22. The highest BCUT2D eigenvalue weighted by Crippen LogP contribution is 2.28. The van der Waals surface area contributed by atoms with Gasteiger partial charge < -0.3 is 20.1 Å². The van der Waals surface area contributed by atoms with Gasteiger partial charge in [0.05, 0.1) is 13.2 Å². The summed E-state index contributed by atoms with van der Waals surface area (Å²) in [6.07, 6.45) is 0.894. The summed E-state index contributed by atoms with van der Waals surface area (Å²) in [7, 11) is 1.83. The third-order valence-corrected chi connectivity index (χ3v) is 5.23. The van der Waals surface area contributed by atoms with Crippen molar-refractivity contribution in [2.45, 2.75) is 53.1 Å². The van der Waals surface area contributed by atoms with Gasteiger partial charge in [-0.25, -0.2) is 0 Å². The highest BCUT2D eigenvalue weighted by atomic mass is 127. The molecule has 2 rings (SSSR count). The normalized spacial score (nSPS) is 19.8. The van der Waals surface area contributed by atoms with Crippen LogP contribution in [0.25, 0.3) is 0 Å². The van der Waals surface area contributed by atoms with E-state index >= 15 is 0 Å². The number of benzene rings is 1. The molecule has 2 unspecified atom stereocenters. The number of rotatable bonds is 9. The molecule has 0 saturated carbocycles. The maximum Gasteiger partial charge on any atom is 0.191 e. The fourth-order valence-electron chi connectivity index (χ4n) is 3.56. The Morgan fingerprint density at radius 3 is 2.45 bits per heavy atom. The van der Waals surface area contributed by atoms with Crippen LogP contribution in [0.15, 0.2) is 23.2 Å². The molecule has 1 heterocycles. The molecule has 2 atom stereocenters. The maximum absolute atomic E-state index is 5.72. The lowest BCUT2D eigenvalue weighted by atomic mass is 10.1. The zero-order chi connectivity index (χ0) is 20.5. The Morgan fingerprint density at radius 1 is 1.17 bits per heavy atom. The van der Waals surface area contributed by atoms with Gasteiger partial charge in [-0.3, -0.25) is 9.89 Å². The zero-order valence-corrected chi connectivity index (χ0v) is 21.2. The van der Waals surface area contributed by atoms with E-state index in [1.165, 1.54) is 5.56 Å². The first-order valence-electron chi connectivity index (χ1n) is 10.6. The molecule has 7 heteroatoms. The summed E-state index contributed by atoms with van der Waals surface area (Å²) in [6.45, 7) is 15.1. The van der Waals surface area contributed by atoms with Crippen LogP contribution in [0.2, 0.25) is 0 Å². The minimum absolute atomic E-state index is 0. The van der Waals surface area contributed by atoms with Crippen LogP contribution in [0.4, 0.5) is 0 Å². The molecule has 1 aliphatic rings. The van der Waals surface area contributed by atoms with Crippen molar-refractivity contribution in [3.63, 3.8) is 0 Å². The number of likely N-dealkylation sites (tertiary alicyclic amines) is 1. The quantitative estimate of drug-likeness (QED) is 0.298. The number of hydrogen-bond donors (Lipinski definition) is 2. The Bertz CT molecular complexity index is 639. The molecule has 1 saturated heterocycles. The van der Waals surface area contributed by atoms with Crippen molar-refractivity contribution in [1.29, 1.82) is 0 Å². The van der Waals surface area contributed by atoms with Crippen molar-refractivity contribution in [1.82, 2.24) is 15.5 Å². The summed E-state index contributed by atoms with van der Waals surface area (Å²) >= 11 is 0. The van der Waals surface area contributed by atoms with Crippen LogP contribution < -0.4 is 20.1 Å². The van der Waals surface area contributed by atoms with Crippen LogP contribution in [0, 0.1) is 5.92 Å². The van der Waals surface area contributed by atoms with Gasteiger partial charge >= 0.3 is 0 Å². The summed E-state index contributed by atoms with van der Waals surface area (Å²) in [5.41, 5.74) is 1.22. The molecule has 0 amide bonds. The topological polar surface area (TPSA) is 58.1 Å². The number of guanidine groups is 1. The van der Waals surface area contributed by atoms with Crippen molar-refractivity contribution in [2.75, 3.05) is 39.9 Å². The molecule has 1 aromatic carbocycles. The number of nitrogens with zero attached hydrogens (tertiary/aromatic N) is 2. The van der Waals surface area contributed by atoms with Gasteiger partial charge in [-0.05, 0) is 57.7 Å². The van der Waals surface area contributed by atoms with Crippen LogP contribution in [-0.2, 0) is 6.42 Å². The molecule has 2 N–H and O–H groups in total. The van der Waals surface area contributed by atoms with E-state index in [2.05, 4.69) is 53.4 Å². The molecule has 6 nitrogen and oxygen atoms in total. The molecule has 1 aliphatic heterocycles. The SMILES string of the molecule is CCOc1ccc(CCNC(=NC)NC2CN(C(C)C)CC2C)cc1OCC.I. The monoisotopic (exact) mass is 518 g/mol. The smallest absolute Gasteiger partial charge is 0.191 e. The second kappa shape index (κ2) is 13.2. The molecule has 0 radical (unpaired) electrons. The first kappa shape index (κ1) is 25.8. The predicted molar refractivity (Wildman–Crippen MR) is 132 cm³/mol. The first-order valence-corrected chi connectivity index (χ1v) is 10.6. The largest absolute Gasteiger partial charge is 0.490 e. The first-order chi connectivity index (χ1) is 13.5. The van der Waals surface area contributed by atoms with Gasteiger partial charge in [0.25, 0.3) is 0 Å². The lowest BCUT2D eigenvalue weighted by Gasteiger charge is -2.22. The van der Waals surface area contributed by atoms with E-state index in [1.54, 1.807) is 0 Å².